The van der Waals surface area contributed by atoms with Crippen molar-refractivity contribution in [2.75, 3.05) is 18.4 Å². The second-order valence-corrected chi connectivity index (χ2v) is 7.27. The van der Waals surface area contributed by atoms with Crippen molar-refractivity contribution in [3.8, 4) is 0 Å². The summed E-state index contributed by atoms with van der Waals surface area (Å²) in [6.07, 6.45) is 0.865. The maximum atomic E-state index is 12.3. The van der Waals surface area contributed by atoms with Crippen LogP contribution in [0, 0.1) is 0 Å². The second kappa shape index (κ2) is 9.57. The smallest absolute Gasteiger partial charge is 0.411 e. The number of anilines is 1. The predicted octanol–water partition coefficient (Wildman–Crippen LogP) is 3.61. The molecule has 2 aromatic carbocycles. The van der Waals surface area contributed by atoms with Gasteiger partial charge in [0.25, 0.3) is 0 Å². The number of hydrogen-bond acceptors (Lipinski definition) is 4. The fourth-order valence-electron chi connectivity index (χ4n) is 3.06. The van der Waals surface area contributed by atoms with Crippen LogP contribution in [0.2, 0.25) is 5.02 Å². The number of nitrogens with one attached hydrogen (secondary N) is 1. The van der Waals surface area contributed by atoms with Crippen LogP contribution in [0.15, 0.2) is 48.5 Å². The number of hydrogen-bond donors (Lipinski definition) is 2. The summed E-state index contributed by atoms with van der Waals surface area (Å²) < 4.78 is 5.18. The molecule has 0 bridgehead atoms. The minimum absolute atomic E-state index is 0.00170. The van der Waals surface area contributed by atoms with Gasteiger partial charge in [-0.3, -0.25) is 10.1 Å². The fraction of sp³-hybridized carbons (Fsp3) is 0.333. The Bertz CT molecular complexity index is 808. The first-order valence-electron chi connectivity index (χ1n) is 9.22. The number of carbonyl (C=O) groups excluding carboxylic acids is 2. The molecule has 2 aromatic rings. The van der Waals surface area contributed by atoms with Crippen molar-refractivity contribution in [3.63, 3.8) is 0 Å². The second-order valence-electron chi connectivity index (χ2n) is 6.84. The Morgan fingerprint density at radius 2 is 1.79 bits per heavy atom. The maximum Gasteiger partial charge on any atom is 0.411 e. The third kappa shape index (κ3) is 5.97. The fourth-order valence-corrected chi connectivity index (χ4v) is 3.18. The first kappa shape index (κ1) is 20.2. The number of aliphatic hydroxyl groups is 1. The van der Waals surface area contributed by atoms with E-state index in [-0.39, 0.29) is 18.9 Å². The summed E-state index contributed by atoms with van der Waals surface area (Å²) in [5.41, 5.74) is 2.28. The molecule has 28 heavy (non-hydrogen) atoms. The van der Waals surface area contributed by atoms with Crippen LogP contribution in [-0.2, 0) is 22.6 Å². The Hall–Kier alpha value is -2.57. The van der Waals surface area contributed by atoms with Crippen molar-refractivity contribution in [3.05, 3.63) is 64.7 Å². The number of benzene rings is 2. The lowest BCUT2D eigenvalue weighted by atomic mass is 10.1. The van der Waals surface area contributed by atoms with E-state index in [0.717, 1.165) is 24.0 Å². The van der Waals surface area contributed by atoms with Crippen LogP contribution in [0.5, 0.6) is 0 Å². The molecule has 2 N–H and O–H groups in total. The van der Waals surface area contributed by atoms with Gasteiger partial charge in [-0.2, -0.15) is 0 Å². The number of ether oxygens (including phenoxy) is 1. The monoisotopic (exact) mass is 402 g/mol. The topological polar surface area (TPSA) is 78.9 Å². The van der Waals surface area contributed by atoms with Gasteiger partial charge >= 0.3 is 6.09 Å². The lowest BCUT2D eigenvalue weighted by molar-refractivity contribution is -0.133. The summed E-state index contributed by atoms with van der Waals surface area (Å²) >= 11 is 5.82. The molecule has 0 aliphatic carbocycles. The van der Waals surface area contributed by atoms with Gasteiger partial charge in [-0.15, -0.1) is 0 Å². The molecule has 0 unspecified atom stereocenters. The van der Waals surface area contributed by atoms with Gasteiger partial charge in [0.15, 0.2) is 0 Å². The van der Waals surface area contributed by atoms with Crippen molar-refractivity contribution in [2.24, 2.45) is 0 Å². The van der Waals surface area contributed by atoms with Crippen LogP contribution in [0.1, 0.15) is 24.0 Å². The highest BCUT2D eigenvalue weighted by molar-refractivity contribution is 6.30. The molecule has 1 aliphatic heterocycles. The van der Waals surface area contributed by atoms with E-state index >= 15 is 0 Å². The highest BCUT2D eigenvalue weighted by Gasteiger charge is 2.21. The molecule has 6 nitrogen and oxygen atoms in total. The first-order valence-corrected chi connectivity index (χ1v) is 9.60. The van der Waals surface area contributed by atoms with E-state index in [2.05, 4.69) is 5.32 Å². The zero-order chi connectivity index (χ0) is 19.9. The summed E-state index contributed by atoms with van der Waals surface area (Å²) in [5.74, 6) is 0.00170. The number of amides is 2. The lowest BCUT2D eigenvalue weighted by Gasteiger charge is -2.30. The van der Waals surface area contributed by atoms with Gasteiger partial charge in [-0.1, -0.05) is 35.9 Å². The summed E-state index contributed by atoms with van der Waals surface area (Å²) in [6, 6.07) is 14.1. The molecule has 2 amide bonds. The largest absolute Gasteiger partial charge is 0.444 e. The zero-order valence-electron chi connectivity index (χ0n) is 15.4. The molecule has 1 atom stereocenters. The van der Waals surface area contributed by atoms with Crippen LogP contribution >= 0.6 is 11.6 Å². The van der Waals surface area contributed by atoms with Gasteiger partial charge in [0.05, 0.1) is 12.5 Å². The standard InChI is InChI=1S/C21H23ClN2O4/c22-17-7-3-16(4-8-17)14-28-21(27)23-18-9-5-15(6-10-18)12-20(26)24-11-1-2-19(25)13-24/h3-10,19,25H,1-2,11-14H2,(H,23,27)/t19-/m0/s1. The van der Waals surface area contributed by atoms with Crippen molar-refractivity contribution in [2.45, 2.75) is 32.0 Å². The summed E-state index contributed by atoms with van der Waals surface area (Å²) in [7, 11) is 0. The van der Waals surface area contributed by atoms with Crippen LogP contribution < -0.4 is 5.32 Å². The number of aliphatic hydroxyl groups excluding tert-OH is 1. The van der Waals surface area contributed by atoms with Gasteiger partial charge in [0, 0.05) is 23.8 Å². The van der Waals surface area contributed by atoms with E-state index < -0.39 is 12.2 Å². The Morgan fingerprint density at radius 3 is 2.46 bits per heavy atom. The summed E-state index contributed by atoms with van der Waals surface area (Å²) in [5, 5.41) is 13.0. The first-order chi connectivity index (χ1) is 13.5. The highest BCUT2D eigenvalue weighted by Crippen LogP contribution is 2.15. The quantitative estimate of drug-likeness (QED) is 0.800. The Morgan fingerprint density at radius 1 is 1.11 bits per heavy atom. The SMILES string of the molecule is O=C(Nc1ccc(CC(=O)N2CCC[C@H](O)C2)cc1)OCc1ccc(Cl)cc1. The van der Waals surface area contributed by atoms with Gasteiger partial charge in [-0.25, -0.2) is 4.79 Å². The molecule has 3 rings (SSSR count). The minimum atomic E-state index is -0.555. The van der Waals surface area contributed by atoms with E-state index in [0.29, 0.717) is 23.8 Å². The number of halogens is 1. The highest BCUT2D eigenvalue weighted by atomic mass is 35.5. The van der Waals surface area contributed by atoms with Gasteiger partial charge in [0.2, 0.25) is 5.91 Å². The van der Waals surface area contributed by atoms with E-state index in [1.54, 1.807) is 53.4 Å². The molecule has 1 heterocycles. The average Bonchev–Trinajstić information content (AvgIpc) is 2.69. The minimum Gasteiger partial charge on any atom is -0.444 e. The van der Waals surface area contributed by atoms with Gasteiger partial charge in [-0.05, 0) is 48.2 Å². The van der Waals surface area contributed by atoms with Gasteiger partial charge < -0.3 is 14.7 Å². The van der Waals surface area contributed by atoms with E-state index in [1.807, 2.05) is 0 Å². The third-order valence-electron chi connectivity index (χ3n) is 4.59. The normalized spacial score (nSPS) is 16.5. The summed E-state index contributed by atoms with van der Waals surface area (Å²) in [4.78, 5) is 25.9. The van der Waals surface area contributed by atoms with Crippen molar-refractivity contribution >= 4 is 29.3 Å². The predicted molar refractivity (Wildman–Crippen MR) is 107 cm³/mol. The number of piperidine rings is 1. The van der Waals surface area contributed by atoms with Crippen molar-refractivity contribution < 1.29 is 19.4 Å². The molecular formula is C21H23ClN2O4. The molecule has 1 aliphatic rings. The third-order valence-corrected chi connectivity index (χ3v) is 4.84. The van der Waals surface area contributed by atoms with Gasteiger partial charge in [0.1, 0.15) is 6.61 Å². The van der Waals surface area contributed by atoms with Crippen LogP contribution in [-0.4, -0.2) is 41.2 Å². The Kier molecular flexibility index (Phi) is 6.90. The number of likely N-dealkylation sites (tertiary alicyclic amines) is 1. The average molecular weight is 403 g/mol. The van der Waals surface area contributed by atoms with E-state index in [9.17, 15) is 14.7 Å². The Balaban J connectivity index is 1.46. The number of β-amino-alcohol motifs (C(OH)–C–C–N with tert-alkyl or cyclic N) is 1. The molecule has 1 fully saturated rings. The zero-order valence-corrected chi connectivity index (χ0v) is 16.2. The number of nitrogens with zero attached hydrogens (tertiary/aromatic N) is 1. The number of carbonyl (C=O) groups is 2. The molecule has 0 spiro atoms. The van der Waals surface area contributed by atoms with E-state index in [4.69, 9.17) is 16.3 Å². The van der Waals surface area contributed by atoms with Crippen LogP contribution in [0.3, 0.4) is 0 Å². The van der Waals surface area contributed by atoms with E-state index in [1.165, 1.54) is 0 Å². The van der Waals surface area contributed by atoms with Crippen molar-refractivity contribution in [1.82, 2.24) is 4.90 Å². The van der Waals surface area contributed by atoms with Crippen molar-refractivity contribution in [1.29, 1.82) is 0 Å². The van der Waals surface area contributed by atoms with Crippen LogP contribution in [0.4, 0.5) is 10.5 Å². The summed E-state index contributed by atoms with van der Waals surface area (Å²) in [6.45, 7) is 1.24. The number of rotatable bonds is 5. The molecule has 148 valence electrons. The maximum absolute atomic E-state index is 12.3. The molecular weight excluding hydrogens is 380 g/mol. The molecule has 0 radical (unpaired) electrons. The Labute approximate surface area is 169 Å². The molecule has 0 aromatic heterocycles. The molecule has 0 saturated carbocycles. The molecule has 7 heteroatoms. The molecule has 1 saturated heterocycles. The van der Waals surface area contributed by atoms with Crippen LogP contribution in [0.25, 0.3) is 0 Å². The lowest BCUT2D eigenvalue weighted by Crippen LogP contribution is -2.42.